The molecular weight excluding hydrogens is 252 g/mol. The van der Waals surface area contributed by atoms with Crippen molar-refractivity contribution in [2.45, 2.75) is 20.0 Å². The van der Waals surface area contributed by atoms with Crippen LogP contribution in [0.4, 0.5) is 5.69 Å². The summed E-state index contributed by atoms with van der Waals surface area (Å²) in [5.74, 6) is 1.45. The number of pyridine rings is 1. The summed E-state index contributed by atoms with van der Waals surface area (Å²) in [4.78, 5) is 4.43. The summed E-state index contributed by atoms with van der Waals surface area (Å²) >= 11 is 0. The Morgan fingerprint density at radius 3 is 2.65 bits per heavy atom. The minimum atomic E-state index is 0.417. The fourth-order valence-corrected chi connectivity index (χ4v) is 2.02. The third-order valence-electron chi connectivity index (χ3n) is 3.13. The van der Waals surface area contributed by atoms with Crippen LogP contribution in [0.2, 0.25) is 0 Å². The lowest BCUT2D eigenvalue weighted by molar-refractivity contribution is 0.285. The number of hydrogen-bond donors (Lipinski definition) is 1. The average molecular weight is 272 g/mol. The predicted octanol–water partition coefficient (Wildman–Crippen LogP) is 3.27. The van der Waals surface area contributed by atoms with Crippen LogP contribution in [-0.4, -0.2) is 19.1 Å². The van der Waals surface area contributed by atoms with Gasteiger partial charge in [-0.05, 0) is 24.6 Å². The average Bonchev–Trinajstić information content (AvgIpc) is 2.52. The second kappa shape index (κ2) is 6.80. The first-order chi connectivity index (χ1) is 9.78. The number of anilines is 1. The maximum atomic E-state index is 5.79. The molecule has 0 aliphatic carbocycles. The molecular formula is C16H20N2O2. The molecule has 0 spiro atoms. The van der Waals surface area contributed by atoms with Gasteiger partial charge < -0.3 is 14.8 Å². The molecule has 0 saturated heterocycles. The molecule has 4 nitrogen and oxygen atoms in total. The summed E-state index contributed by atoms with van der Waals surface area (Å²) in [6.45, 7) is 2.49. The van der Waals surface area contributed by atoms with Crippen LogP contribution in [0.1, 0.15) is 18.2 Å². The zero-order valence-corrected chi connectivity index (χ0v) is 12.1. The van der Waals surface area contributed by atoms with Crippen LogP contribution in [-0.2, 0) is 13.0 Å². The van der Waals surface area contributed by atoms with E-state index in [2.05, 4.69) is 17.2 Å². The highest BCUT2D eigenvalue weighted by Gasteiger charge is 2.09. The fraction of sp³-hybridized carbons (Fsp3) is 0.312. The summed E-state index contributed by atoms with van der Waals surface area (Å²) in [6, 6.07) is 11.7. The molecule has 0 unspecified atom stereocenters. The Hall–Kier alpha value is -2.23. The van der Waals surface area contributed by atoms with Crippen molar-refractivity contribution < 1.29 is 9.47 Å². The summed E-state index contributed by atoms with van der Waals surface area (Å²) in [6.07, 6.45) is 0.896. The topological polar surface area (TPSA) is 43.4 Å². The van der Waals surface area contributed by atoms with E-state index in [4.69, 9.17) is 9.47 Å². The molecule has 0 radical (unpaired) electrons. The first kappa shape index (κ1) is 14.2. The van der Waals surface area contributed by atoms with Crippen LogP contribution in [0, 0.1) is 0 Å². The van der Waals surface area contributed by atoms with Crippen molar-refractivity contribution in [3.8, 4) is 11.6 Å². The highest BCUT2D eigenvalue weighted by atomic mass is 16.5. The third kappa shape index (κ3) is 3.20. The lowest BCUT2D eigenvalue weighted by atomic mass is 10.1. The molecule has 20 heavy (non-hydrogen) atoms. The Bertz CT molecular complexity index is 548. The summed E-state index contributed by atoms with van der Waals surface area (Å²) in [5, 5.41) is 3.15. The minimum Gasteiger partial charge on any atom is -0.496 e. The van der Waals surface area contributed by atoms with Gasteiger partial charge in [-0.1, -0.05) is 19.1 Å². The summed E-state index contributed by atoms with van der Waals surface area (Å²) in [7, 11) is 3.54. The highest BCUT2D eigenvalue weighted by molar-refractivity contribution is 5.57. The van der Waals surface area contributed by atoms with E-state index in [9.17, 15) is 0 Å². The quantitative estimate of drug-likeness (QED) is 0.876. The van der Waals surface area contributed by atoms with Gasteiger partial charge in [0.25, 0.3) is 0 Å². The third-order valence-corrected chi connectivity index (χ3v) is 3.13. The van der Waals surface area contributed by atoms with Crippen LogP contribution in [0.25, 0.3) is 0 Å². The number of benzene rings is 1. The molecule has 0 saturated carbocycles. The zero-order valence-electron chi connectivity index (χ0n) is 12.1. The molecule has 1 aromatic carbocycles. The van der Waals surface area contributed by atoms with Crippen molar-refractivity contribution in [2.75, 3.05) is 19.5 Å². The minimum absolute atomic E-state index is 0.417. The van der Waals surface area contributed by atoms with Crippen molar-refractivity contribution in [1.82, 2.24) is 4.98 Å². The van der Waals surface area contributed by atoms with Gasteiger partial charge in [0.15, 0.2) is 0 Å². The Morgan fingerprint density at radius 2 is 1.95 bits per heavy atom. The van der Waals surface area contributed by atoms with Crippen molar-refractivity contribution >= 4 is 5.69 Å². The van der Waals surface area contributed by atoms with Gasteiger partial charge in [-0.25, -0.2) is 4.98 Å². The lowest BCUT2D eigenvalue weighted by Crippen LogP contribution is -2.04. The van der Waals surface area contributed by atoms with E-state index in [1.54, 1.807) is 7.11 Å². The Labute approximate surface area is 119 Å². The number of hydrogen-bond acceptors (Lipinski definition) is 4. The predicted molar refractivity (Wildman–Crippen MR) is 80.5 cm³/mol. The van der Waals surface area contributed by atoms with E-state index < -0.39 is 0 Å². The van der Waals surface area contributed by atoms with E-state index >= 15 is 0 Å². The molecule has 2 aromatic rings. The van der Waals surface area contributed by atoms with E-state index in [1.165, 1.54) is 0 Å². The van der Waals surface area contributed by atoms with Crippen LogP contribution in [0.15, 0.2) is 36.4 Å². The molecule has 0 bridgehead atoms. The molecule has 1 aromatic heterocycles. The maximum absolute atomic E-state index is 5.79. The molecule has 0 fully saturated rings. The molecule has 106 valence electrons. The summed E-state index contributed by atoms with van der Waals surface area (Å²) < 4.78 is 11.2. The SMILES string of the molecule is CCc1cccc(OCc2c(NC)cccc2OC)n1. The van der Waals surface area contributed by atoms with Crippen molar-refractivity contribution in [2.24, 2.45) is 0 Å². The Morgan fingerprint density at radius 1 is 1.15 bits per heavy atom. The number of methoxy groups -OCH3 is 1. The highest BCUT2D eigenvalue weighted by Crippen LogP contribution is 2.27. The molecule has 0 atom stereocenters. The van der Waals surface area contributed by atoms with E-state index in [0.29, 0.717) is 12.5 Å². The molecule has 0 aliphatic heterocycles. The summed E-state index contributed by atoms with van der Waals surface area (Å²) in [5.41, 5.74) is 3.01. The maximum Gasteiger partial charge on any atom is 0.213 e. The Kier molecular flexibility index (Phi) is 4.82. The smallest absolute Gasteiger partial charge is 0.213 e. The van der Waals surface area contributed by atoms with Crippen molar-refractivity contribution in [3.63, 3.8) is 0 Å². The normalized spacial score (nSPS) is 10.2. The van der Waals surface area contributed by atoms with Gasteiger partial charge >= 0.3 is 0 Å². The number of ether oxygens (including phenoxy) is 2. The van der Waals surface area contributed by atoms with E-state index in [0.717, 1.165) is 29.1 Å². The number of aromatic nitrogens is 1. The van der Waals surface area contributed by atoms with Gasteiger partial charge in [0.05, 0.1) is 12.7 Å². The van der Waals surface area contributed by atoms with Crippen LogP contribution in [0.5, 0.6) is 11.6 Å². The number of aryl methyl sites for hydroxylation is 1. The number of nitrogens with one attached hydrogen (secondary N) is 1. The molecule has 2 rings (SSSR count). The second-order valence-corrected chi connectivity index (χ2v) is 4.35. The molecule has 0 amide bonds. The number of nitrogens with zero attached hydrogens (tertiary/aromatic N) is 1. The number of rotatable bonds is 6. The van der Waals surface area contributed by atoms with Crippen molar-refractivity contribution in [3.05, 3.63) is 47.7 Å². The standard InChI is InChI=1S/C16H20N2O2/c1-4-12-7-5-10-16(18-12)20-11-13-14(17-2)8-6-9-15(13)19-3/h5-10,17H,4,11H2,1-3H3. The second-order valence-electron chi connectivity index (χ2n) is 4.35. The molecule has 0 aliphatic rings. The fourth-order valence-electron chi connectivity index (χ4n) is 2.02. The molecule has 1 heterocycles. The molecule has 1 N–H and O–H groups in total. The van der Waals surface area contributed by atoms with Gasteiger partial charge in [0.2, 0.25) is 5.88 Å². The van der Waals surface area contributed by atoms with Crippen LogP contribution in [0.3, 0.4) is 0 Å². The van der Waals surface area contributed by atoms with Gasteiger partial charge in [-0.2, -0.15) is 0 Å². The zero-order chi connectivity index (χ0) is 14.4. The van der Waals surface area contributed by atoms with Gasteiger partial charge in [-0.3, -0.25) is 0 Å². The largest absolute Gasteiger partial charge is 0.496 e. The van der Waals surface area contributed by atoms with Crippen molar-refractivity contribution in [1.29, 1.82) is 0 Å². The lowest BCUT2D eigenvalue weighted by Gasteiger charge is -2.14. The van der Waals surface area contributed by atoms with Gasteiger partial charge in [0, 0.05) is 24.5 Å². The van der Waals surface area contributed by atoms with Gasteiger partial charge in [0.1, 0.15) is 12.4 Å². The monoisotopic (exact) mass is 272 g/mol. The van der Waals surface area contributed by atoms with Crippen LogP contribution < -0.4 is 14.8 Å². The molecule has 4 heteroatoms. The Balaban J connectivity index is 2.17. The first-order valence-electron chi connectivity index (χ1n) is 6.70. The first-order valence-corrected chi connectivity index (χ1v) is 6.70. The van der Waals surface area contributed by atoms with Gasteiger partial charge in [-0.15, -0.1) is 0 Å². The van der Waals surface area contributed by atoms with Crippen LogP contribution >= 0.6 is 0 Å². The van der Waals surface area contributed by atoms with E-state index in [1.807, 2.05) is 43.4 Å². The van der Waals surface area contributed by atoms with E-state index in [-0.39, 0.29) is 0 Å².